The molecule has 2 aliphatic heterocycles. The lowest BCUT2D eigenvalue weighted by Gasteiger charge is -2.34. The average Bonchev–Trinajstić information content (AvgIpc) is 3.27. The largest absolute Gasteiger partial charge is 0.497 e. The summed E-state index contributed by atoms with van der Waals surface area (Å²) in [5.41, 5.74) is 0.764. The van der Waals surface area contributed by atoms with Gasteiger partial charge in [0.1, 0.15) is 17.2 Å². The lowest BCUT2D eigenvalue weighted by molar-refractivity contribution is -0.134. The number of carbonyl (C=O) groups excluding carboxylic acids is 2. The molecule has 0 radical (unpaired) electrons. The SMILES string of the molecule is COc1ccc(C[C@@]2(CCC(=O)N3CCC[C@@H](COc4cccc(OC)c4)C3)CCC(=O)N2)cc1. The number of ether oxygens (including phenoxy) is 3. The standard InChI is InChI=1S/C28H36N2O5/c1-33-23-10-8-21(9-11-23)18-28(14-12-26(31)29-28)15-13-27(32)30-16-4-5-22(19-30)20-35-25-7-3-6-24(17-25)34-2/h3,6-11,17,22H,4-5,12-16,18-20H2,1-2H3,(H,29,31)/t22-,28+/m1/s1. The van der Waals surface area contributed by atoms with Gasteiger partial charge in [0.25, 0.3) is 0 Å². The minimum absolute atomic E-state index is 0.0682. The van der Waals surface area contributed by atoms with Crippen LogP contribution < -0.4 is 19.5 Å². The van der Waals surface area contributed by atoms with Crippen molar-refractivity contribution in [2.24, 2.45) is 5.92 Å². The van der Waals surface area contributed by atoms with E-state index < -0.39 is 0 Å². The van der Waals surface area contributed by atoms with E-state index in [0.717, 1.165) is 48.6 Å². The third kappa shape index (κ3) is 6.68. The van der Waals surface area contributed by atoms with Crippen LogP contribution in [0.15, 0.2) is 48.5 Å². The van der Waals surface area contributed by atoms with E-state index in [0.29, 0.717) is 44.8 Å². The van der Waals surface area contributed by atoms with E-state index in [-0.39, 0.29) is 17.4 Å². The fourth-order valence-electron chi connectivity index (χ4n) is 5.15. The molecule has 0 aliphatic carbocycles. The lowest BCUT2D eigenvalue weighted by Crippen LogP contribution is -2.46. The van der Waals surface area contributed by atoms with Crippen LogP contribution in [0.25, 0.3) is 0 Å². The third-order valence-corrected chi connectivity index (χ3v) is 7.15. The van der Waals surface area contributed by atoms with Crippen LogP contribution in [0.2, 0.25) is 0 Å². The Bertz CT molecular complexity index is 1010. The van der Waals surface area contributed by atoms with Gasteiger partial charge in [0, 0.05) is 43.5 Å². The summed E-state index contributed by atoms with van der Waals surface area (Å²) in [4.78, 5) is 27.2. The average molecular weight is 481 g/mol. The number of hydrogen-bond acceptors (Lipinski definition) is 5. The highest BCUT2D eigenvalue weighted by Crippen LogP contribution is 2.31. The van der Waals surface area contributed by atoms with Crippen LogP contribution in [-0.4, -0.2) is 56.2 Å². The summed E-state index contributed by atoms with van der Waals surface area (Å²) in [6.45, 7) is 2.07. The van der Waals surface area contributed by atoms with Gasteiger partial charge in [-0.05, 0) is 61.9 Å². The minimum atomic E-state index is -0.369. The summed E-state index contributed by atoms with van der Waals surface area (Å²) in [5.74, 6) is 2.89. The first-order valence-electron chi connectivity index (χ1n) is 12.5. The first-order chi connectivity index (χ1) is 17.0. The Morgan fingerprint density at radius 2 is 1.86 bits per heavy atom. The predicted octanol–water partition coefficient (Wildman–Crippen LogP) is 3.99. The summed E-state index contributed by atoms with van der Waals surface area (Å²) >= 11 is 0. The zero-order valence-electron chi connectivity index (χ0n) is 20.8. The van der Waals surface area contributed by atoms with Crippen LogP contribution in [0.4, 0.5) is 0 Å². The molecule has 2 fully saturated rings. The molecule has 2 aromatic carbocycles. The van der Waals surface area contributed by atoms with Gasteiger partial charge in [-0.15, -0.1) is 0 Å². The zero-order valence-corrected chi connectivity index (χ0v) is 20.8. The number of hydrogen-bond donors (Lipinski definition) is 1. The Morgan fingerprint density at radius 3 is 2.57 bits per heavy atom. The number of likely N-dealkylation sites (tertiary alicyclic amines) is 1. The molecular formula is C28H36N2O5. The van der Waals surface area contributed by atoms with E-state index in [1.807, 2.05) is 53.4 Å². The molecule has 2 aliphatic rings. The van der Waals surface area contributed by atoms with Crippen LogP contribution in [0.1, 0.15) is 44.1 Å². The van der Waals surface area contributed by atoms with Crippen LogP contribution in [0.3, 0.4) is 0 Å². The number of benzene rings is 2. The fraction of sp³-hybridized carbons (Fsp3) is 0.500. The molecule has 188 valence electrons. The van der Waals surface area contributed by atoms with Crippen molar-refractivity contribution in [1.29, 1.82) is 0 Å². The molecule has 35 heavy (non-hydrogen) atoms. The molecule has 0 aromatic heterocycles. The second-order valence-electron chi connectivity index (χ2n) is 9.69. The van der Waals surface area contributed by atoms with E-state index in [1.165, 1.54) is 0 Å². The number of carbonyl (C=O) groups is 2. The topological polar surface area (TPSA) is 77.1 Å². The zero-order chi connectivity index (χ0) is 24.7. The van der Waals surface area contributed by atoms with Gasteiger partial charge in [-0.3, -0.25) is 9.59 Å². The van der Waals surface area contributed by atoms with E-state index in [1.54, 1.807) is 14.2 Å². The molecular weight excluding hydrogens is 444 g/mol. The normalized spacial score (nSPS) is 21.9. The number of nitrogens with one attached hydrogen (secondary N) is 1. The summed E-state index contributed by atoms with van der Waals surface area (Å²) in [5, 5.41) is 3.19. The highest BCUT2D eigenvalue weighted by atomic mass is 16.5. The molecule has 0 saturated carbocycles. The van der Waals surface area contributed by atoms with Crippen molar-refractivity contribution in [3.8, 4) is 17.2 Å². The van der Waals surface area contributed by atoms with E-state index in [4.69, 9.17) is 14.2 Å². The molecule has 2 atom stereocenters. The molecule has 7 nitrogen and oxygen atoms in total. The molecule has 2 saturated heterocycles. The van der Waals surface area contributed by atoms with Gasteiger partial charge in [0.15, 0.2) is 0 Å². The second-order valence-corrected chi connectivity index (χ2v) is 9.69. The van der Waals surface area contributed by atoms with Gasteiger partial charge in [-0.2, -0.15) is 0 Å². The number of nitrogens with zero attached hydrogens (tertiary/aromatic N) is 1. The first-order valence-corrected chi connectivity index (χ1v) is 12.5. The Labute approximate surface area is 207 Å². The van der Waals surface area contributed by atoms with Gasteiger partial charge in [-0.25, -0.2) is 0 Å². The van der Waals surface area contributed by atoms with Crippen molar-refractivity contribution in [3.63, 3.8) is 0 Å². The van der Waals surface area contributed by atoms with Gasteiger partial charge >= 0.3 is 0 Å². The lowest BCUT2D eigenvalue weighted by atomic mass is 9.84. The highest BCUT2D eigenvalue weighted by molar-refractivity contribution is 5.80. The molecule has 2 heterocycles. The van der Waals surface area contributed by atoms with Gasteiger partial charge < -0.3 is 24.4 Å². The number of piperidine rings is 1. The number of methoxy groups -OCH3 is 2. The monoisotopic (exact) mass is 480 g/mol. The molecule has 2 aromatic rings. The van der Waals surface area contributed by atoms with Gasteiger partial charge in [0.05, 0.1) is 20.8 Å². The molecule has 1 N–H and O–H groups in total. The van der Waals surface area contributed by atoms with E-state index in [2.05, 4.69) is 5.32 Å². The molecule has 0 unspecified atom stereocenters. The smallest absolute Gasteiger partial charge is 0.222 e. The molecule has 2 amide bonds. The Morgan fingerprint density at radius 1 is 1.09 bits per heavy atom. The maximum Gasteiger partial charge on any atom is 0.222 e. The number of amides is 2. The molecule has 4 rings (SSSR count). The molecule has 0 spiro atoms. The van der Waals surface area contributed by atoms with Crippen LogP contribution >= 0.6 is 0 Å². The first kappa shape index (κ1) is 24.9. The summed E-state index contributed by atoms with van der Waals surface area (Å²) < 4.78 is 16.5. The third-order valence-electron chi connectivity index (χ3n) is 7.15. The highest BCUT2D eigenvalue weighted by Gasteiger charge is 2.38. The predicted molar refractivity (Wildman–Crippen MR) is 134 cm³/mol. The van der Waals surface area contributed by atoms with Crippen molar-refractivity contribution in [3.05, 3.63) is 54.1 Å². The van der Waals surface area contributed by atoms with Crippen molar-refractivity contribution in [2.45, 2.75) is 50.5 Å². The summed E-state index contributed by atoms with van der Waals surface area (Å²) in [6.07, 6.45) is 5.08. The van der Waals surface area contributed by atoms with Crippen molar-refractivity contribution >= 4 is 11.8 Å². The minimum Gasteiger partial charge on any atom is -0.497 e. The quantitative estimate of drug-likeness (QED) is 0.556. The van der Waals surface area contributed by atoms with Crippen LogP contribution in [0, 0.1) is 5.92 Å². The molecule has 0 bridgehead atoms. The fourth-order valence-corrected chi connectivity index (χ4v) is 5.15. The molecule has 7 heteroatoms. The maximum absolute atomic E-state index is 13.2. The van der Waals surface area contributed by atoms with Crippen LogP contribution in [-0.2, 0) is 16.0 Å². The van der Waals surface area contributed by atoms with Crippen molar-refractivity contribution in [2.75, 3.05) is 33.9 Å². The van der Waals surface area contributed by atoms with E-state index in [9.17, 15) is 9.59 Å². The van der Waals surface area contributed by atoms with Crippen molar-refractivity contribution < 1.29 is 23.8 Å². The van der Waals surface area contributed by atoms with Crippen LogP contribution in [0.5, 0.6) is 17.2 Å². The Kier molecular flexibility index (Phi) is 8.16. The Balaban J connectivity index is 1.31. The Hall–Kier alpha value is -3.22. The summed E-state index contributed by atoms with van der Waals surface area (Å²) in [7, 11) is 3.29. The number of rotatable bonds is 10. The van der Waals surface area contributed by atoms with Gasteiger partial charge in [-0.1, -0.05) is 18.2 Å². The summed E-state index contributed by atoms with van der Waals surface area (Å²) in [6, 6.07) is 15.5. The van der Waals surface area contributed by atoms with E-state index >= 15 is 0 Å². The second kappa shape index (κ2) is 11.5. The maximum atomic E-state index is 13.2. The van der Waals surface area contributed by atoms with Crippen molar-refractivity contribution in [1.82, 2.24) is 10.2 Å². The van der Waals surface area contributed by atoms with Gasteiger partial charge in [0.2, 0.25) is 11.8 Å².